The van der Waals surface area contributed by atoms with Crippen LogP contribution in [0.3, 0.4) is 0 Å². The van der Waals surface area contributed by atoms with Gasteiger partial charge in [-0.3, -0.25) is 10.1 Å². The van der Waals surface area contributed by atoms with Crippen LogP contribution in [0.25, 0.3) is 0 Å². The molecular formula is C23H14FN3O5. The summed E-state index contributed by atoms with van der Waals surface area (Å²) in [5, 5.41) is 20.3. The molecule has 0 radical (unpaired) electrons. The van der Waals surface area contributed by atoms with E-state index in [4.69, 9.17) is 15.2 Å². The van der Waals surface area contributed by atoms with Crippen LogP contribution >= 0.6 is 0 Å². The summed E-state index contributed by atoms with van der Waals surface area (Å²) in [4.78, 5) is 22.6. The zero-order chi connectivity index (χ0) is 22.8. The third-order valence-electron chi connectivity index (χ3n) is 4.90. The van der Waals surface area contributed by atoms with Crippen LogP contribution < -0.4 is 15.2 Å². The second-order valence-electron chi connectivity index (χ2n) is 6.87. The van der Waals surface area contributed by atoms with Crippen LogP contribution in [0, 0.1) is 27.3 Å². The number of benzene rings is 3. The average molecular weight is 431 g/mol. The molecule has 1 aliphatic rings. The van der Waals surface area contributed by atoms with Crippen molar-refractivity contribution >= 4 is 11.7 Å². The number of esters is 1. The summed E-state index contributed by atoms with van der Waals surface area (Å²) in [5.74, 6) is -1.58. The van der Waals surface area contributed by atoms with Crippen molar-refractivity contribution in [2.24, 2.45) is 5.73 Å². The highest BCUT2D eigenvalue weighted by Gasteiger charge is 2.31. The molecule has 32 heavy (non-hydrogen) atoms. The minimum absolute atomic E-state index is 0.123. The van der Waals surface area contributed by atoms with Gasteiger partial charge in [-0.25, -0.2) is 9.18 Å². The van der Waals surface area contributed by atoms with Crippen molar-refractivity contribution in [1.29, 1.82) is 5.26 Å². The summed E-state index contributed by atoms with van der Waals surface area (Å²) in [6.45, 7) is 0. The molecule has 0 fully saturated rings. The topological polar surface area (TPSA) is 128 Å². The van der Waals surface area contributed by atoms with E-state index in [-0.39, 0.29) is 34.2 Å². The molecule has 3 aromatic carbocycles. The fourth-order valence-corrected chi connectivity index (χ4v) is 3.41. The number of hydrogen-bond acceptors (Lipinski definition) is 7. The largest absolute Gasteiger partial charge is 0.440 e. The normalized spacial score (nSPS) is 14.7. The number of nitro groups is 1. The fraction of sp³-hybridized carbons (Fsp3) is 0.0435. The van der Waals surface area contributed by atoms with E-state index < -0.39 is 22.6 Å². The zero-order valence-electron chi connectivity index (χ0n) is 16.3. The fourth-order valence-electron chi connectivity index (χ4n) is 3.41. The summed E-state index contributed by atoms with van der Waals surface area (Å²) in [6.07, 6.45) is 0. The molecule has 0 aliphatic carbocycles. The van der Waals surface area contributed by atoms with E-state index in [9.17, 15) is 24.6 Å². The first-order chi connectivity index (χ1) is 15.4. The number of ether oxygens (including phenoxy) is 2. The van der Waals surface area contributed by atoms with Crippen molar-refractivity contribution in [3.05, 3.63) is 111 Å². The summed E-state index contributed by atoms with van der Waals surface area (Å²) in [6, 6.07) is 17.4. The van der Waals surface area contributed by atoms with Crippen LogP contribution in [-0.2, 0) is 0 Å². The number of rotatable bonds is 4. The van der Waals surface area contributed by atoms with Gasteiger partial charge in [-0.05, 0) is 35.9 Å². The lowest BCUT2D eigenvalue weighted by molar-refractivity contribution is -0.384. The van der Waals surface area contributed by atoms with Gasteiger partial charge >= 0.3 is 5.97 Å². The van der Waals surface area contributed by atoms with Gasteiger partial charge in [0.2, 0.25) is 5.88 Å². The number of fused-ring (bicyclic) bond motifs is 1. The maximum Gasteiger partial charge on any atom is 0.343 e. The highest BCUT2D eigenvalue weighted by Crippen LogP contribution is 2.43. The summed E-state index contributed by atoms with van der Waals surface area (Å²) in [5.41, 5.74) is 7.11. The second-order valence-corrected chi connectivity index (χ2v) is 6.87. The van der Waals surface area contributed by atoms with Crippen LogP contribution in [0.5, 0.6) is 11.5 Å². The van der Waals surface area contributed by atoms with Crippen LogP contribution in [0.4, 0.5) is 10.1 Å². The number of nitro benzene ring substituents is 1. The highest BCUT2D eigenvalue weighted by molar-refractivity contribution is 5.91. The number of nitrogens with zero attached hydrogens (tertiary/aromatic N) is 2. The maximum atomic E-state index is 13.8. The predicted molar refractivity (Wildman–Crippen MR) is 110 cm³/mol. The van der Waals surface area contributed by atoms with Crippen LogP contribution in [-0.4, -0.2) is 10.9 Å². The van der Waals surface area contributed by atoms with E-state index in [2.05, 4.69) is 0 Å². The molecule has 1 atom stereocenters. The Hall–Kier alpha value is -4.71. The van der Waals surface area contributed by atoms with E-state index in [0.29, 0.717) is 11.1 Å². The van der Waals surface area contributed by atoms with Gasteiger partial charge in [-0.1, -0.05) is 18.2 Å². The zero-order valence-corrected chi connectivity index (χ0v) is 16.3. The standard InChI is InChI=1S/C23H14FN3O5/c24-15-3-1-2-14(10-15)21-18-9-8-17(11-20(18)32-22(26)19(21)12-25)31-23(28)13-4-6-16(7-5-13)27(29)30/h1-11,21H,26H2. The Kier molecular flexibility index (Phi) is 5.27. The quantitative estimate of drug-likeness (QED) is 0.284. The summed E-state index contributed by atoms with van der Waals surface area (Å²) >= 11 is 0. The molecular weight excluding hydrogens is 417 g/mol. The smallest absolute Gasteiger partial charge is 0.343 e. The molecule has 1 unspecified atom stereocenters. The number of nitrogens with two attached hydrogens (primary N) is 1. The predicted octanol–water partition coefficient (Wildman–Crippen LogP) is 4.17. The Balaban J connectivity index is 1.65. The number of carbonyl (C=O) groups excluding carboxylic acids is 1. The Morgan fingerprint density at radius 2 is 1.91 bits per heavy atom. The molecule has 158 valence electrons. The third kappa shape index (κ3) is 3.85. The Bertz CT molecular complexity index is 1310. The van der Waals surface area contributed by atoms with Crippen molar-refractivity contribution < 1.29 is 23.6 Å². The van der Waals surface area contributed by atoms with Crippen molar-refractivity contribution in [2.45, 2.75) is 5.92 Å². The lowest BCUT2D eigenvalue weighted by Crippen LogP contribution is -2.21. The van der Waals surface area contributed by atoms with E-state index >= 15 is 0 Å². The van der Waals surface area contributed by atoms with E-state index in [1.165, 1.54) is 54.6 Å². The Morgan fingerprint density at radius 3 is 2.56 bits per heavy atom. The number of nitriles is 1. The molecule has 0 bridgehead atoms. The summed E-state index contributed by atoms with van der Waals surface area (Å²) in [7, 11) is 0. The molecule has 0 saturated heterocycles. The van der Waals surface area contributed by atoms with Gasteiger partial charge in [-0.2, -0.15) is 5.26 Å². The molecule has 0 saturated carbocycles. The molecule has 3 aromatic rings. The lowest BCUT2D eigenvalue weighted by atomic mass is 9.83. The maximum absolute atomic E-state index is 13.8. The van der Waals surface area contributed by atoms with E-state index in [1.807, 2.05) is 6.07 Å². The van der Waals surface area contributed by atoms with Gasteiger partial charge in [0.05, 0.1) is 16.4 Å². The second kappa shape index (κ2) is 8.20. The number of allylic oxidation sites excluding steroid dienone is 1. The van der Waals surface area contributed by atoms with E-state index in [1.54, 1.807) is 12.1 Å². The van der Waals surface area contributed by atoms with Crippen LogP contribution in [0.1, 0.15) is 27.4 Å². The third-order valence-corrected chi connectivity index (χ3v) is 4.90. The van der Waals surface area contributed by atoms with Gasteiger partial charge in [-0.15, -0.1) is 0 Å². The highest BCUT2D eigenvalue weighted by atomic mass is 19.1. The van der Waals surface area contributed by atoms with Crippen LogP contribution in [0.15, 0.2) is 78.2 Å². The first-order valence-electron chi connectivity index (χ1n) is 9.31. The SMILES string of the molecule is N#CC1=C(N)Oc2cc(OC(=O)c3ccc([N+](=O)[O-])cc3)ccc2C1c1cccc(F)c1. The van der Waals surface area contributed by atoms with Crippen molar-refractivity contribution in [1.82, 2.24) is 0 Å². The molecule has 0 spiro atoms. The van der Waals surface area contributed by atoms with Gasteiger partial charge in [0, 0.05) is 23.8 Å². The Morgan fingerprint density at radius 1 is 1.16 bits per heavy atom. The molecule has 8 nitrogen and oxygen atoms in total. The summed E-state index contributed by atoms with van der Waals surface area (Å²) < 4.78 is 24.7. The molecule has 9 heteroatoms. The van der Waals surface area contributed by atoms with Gasteiger partial charge < -0.3 is 15.2 Å². The number of carbonyl (C=O) groups is 1. The Labute approximate surface area is 181 Å². The average Bonchev–Trinajstić information content (AvgIpc) is 2.78. The minimum Gasteiger partial charge on any atom is -0.440 e. The van der Waals surface area contributed by atoms with Gasteiger partial charge in [0.15, 0.2) is 0 Å². The van der Waals surface area contributed by atoms with Crippen molar-refractivity contribution in [2.75, 3.05) is 0 Å². The molecule has 0 aromatic heterocycles. The molecule has 4 rings (SSSR count). The molecule has 1 aliphatic heterocycles. The van der Waals surface area contributed by atoms with Gasteiger partial charge in [0.25, 0.3) is 5.69 Å². The molecule has 1 heterocycles. The van der Waals surface area contributed by atoms with Crippen molar-refractivity contribution in [3.8, 4) is 17.6 Å². The van der Waals surface area contributed by atoms with Crippen molar-refractivity contribution in [3.63, 3.8) is 0 Å². The number of non-ortho nitro benzene ring substituents is 1. The van der Waals surface area contributed by atoms with E-state index in [0.717, 1.165) is 0 Å². The number of hydrogen-bond donors (Lipinski definition) is 1. The minimum atomic E-state index is -0.724. The first-order valence-corrected chi connectivity index (χ1v) is 9.31. The molecule has 2 N–H and O–H groups in total. The first kappa shape index (κ1) is 20.6. The molecule has 0 amide bonds. The number of halogens is 1. The monoisotopic (exact) mass is 431 g/mol. The van der Waals surface area contributed by atoms with Gasteiger partial charge in [0.1, 0.15) is 29.0 Å². The lowest BCUT2D eigenvalue weighted by Gasteiger charge is -2.26. The van der Waals surface area contributed by atoms with Crippen LogP contribution in [0.2, 0.25) is 0 Å².